The molecule has 0 aliphatic heterocycles. The maximum atomic E-state index is 12.5. The summed E-state index contributed by atoms with van der Waals surface area (Å²) < 4.78 is 0.903. The number of nitro groups is 1. The number of amides is 2. The Morgan fingerprint density at radius 3 is 2.56 bits per heavy atom. The van der Waals surface area contributed by atoms with Crippen molar-refractivity contribution < 1.29 is 14.5 Å². The van der Waals surface area contributed by atoms with Gasteiger partial charge in [-0.1, -0.05) is 15.9 Å². The molecular formula is C18H18BrN3O4S. The molecule has 0 aromatic heterocycles. The van der Waals surface area contributed by atoms with E-state index in [4.69, 9.17) is 0 Å². The van der Waals surface area contributed by atoms with E-state index in [0.29, 0.717) is 10.6 Å². The van der Waals surface area contributed by atoms with Crippen LogP contribution in [-0.2, 0) is 4.79 Å². The molecule has 0 atom stereocenters. The van der Waals surface area contributed by atoms with Gasteiger partial charge >= 0.3 is 0 Å². The molecule has 2 aromatic carbocycles. The summed E-state index contributed by atoms with van der Waals surface area (Å²) in [5, 5.41) is 13.9. The van der Waals surface area contributed by atoms with Crippen molar-refractivity contribution in [2.24, 2.45) is 0 Å². The zero-order valence-electron chi connectivity index (χ0n) is 15.0. The van der Waals surface area contributed by atoms with Crippen LogP contribution < -0.4 is 5.32 Å². The molecule has 2 amide bonds. The largest absolute Gasteiger partial charge is 0.332 e. The van der Waals surface area contributed by atoms with Gasteiger partial charge in [0.15, 0.2) is 0 Å². The molecule has 142 valence electrons. The van der Waals surface area contributed by atoms with E-state index in [-0.39, 0.29) is 23.7 Å². The Labute approximate surface area is 169 Å². The van der Waals surface area contributed by atoms with Crippen LogP contribution in [0.15, 0.2) is 45.8 Å². The summed E-state index contributed by atoms with van der Waals surface area (Å²) in [6.45, 7) is 1.69. The molecule has 0 radical (unpaired) electrons. The first-order valence-corrected chi connectivity index (χ1v) is 9.88. The summed E-state index contributed by atoms with van der Waals surface area (Å²) in [6.07, 6.45) is 1.73. The first kappa shape index (κ1) is 20.9. The molecule has 0 saturated carbocycles. The summed E-state index contributed by atoms with van der Waals surface area (Å²) >= 11 is 4.59. The number of hydrogen-bond donors (Lipinski definition) is 1. The highest BCUT2D eigenvalue weighted by Gasteiger charge is 2.20. The summed E-state index contributed by atoms with van der Waals surface area (Å²) in [5.74, 6) is -0.820. The Morgan fingerprint density at radius 1 is 1.26 bits per heavy atom. The third-order valence-electron chi connectivity index (χ3n) is 3.81. The van der Waals surface area contributed by atoms with Crippen molar-refractivity contribution in [2.75, 3.05) is 25.2 Å². The SMILES string of the molecule is CSc1ccc(C(=O)N(C)CC(=O)Nc2ccc(Br)cc2C)cc1[N+](=O)[O-]. The van der Waals surface area contributed by atoms with Crippen molar-refractivity contribution in [1.29, 1.82) is 0 Å². The van der Waals surface area contributed by atoms with Crippen molar-refractivity contribution in [3.63, 3.8) is 0 Å². The monoisotopic (exact) mass is 451 g/mol. The number of likely N-dealkylation sites (N-methyl/N-ethyl adjacent to an activating group) is 1. The number of aryl methyl sites for hydroxylation is 1. The van der Waals surface area contributed by atoms with Crippen molar-refractivity contribution in [3.8, 4) is 0 Å². The summed E-state index contributed by atoms with van der Waals surface area (Å²) in [5.41, 5.74) is 1.57. The van der Waals surface area contributed by atoms with Gasteiger partial charge in [-0.25, -0.2) is 0 Å². The minimum absolute atomic E-state index is 0.128. The molecule has 0 spiro atoms. The van der Waals surface area contributed by atoms with Crippen molar-refractivity contribution >= 4 is 50.9 Å². The number of anilines is 1. The second-order valence-electron chi connectivity index (χ2n) is 5.81. The summed E-state index contributed by atoms with van der Waals surface area (Å²) in [7, 11) is 1.48. The first-order chi connectivity index (χ1) is 12.7. The van der Waals surface area contributed by atoms with E-state index in [0.717, 1.165) is 10.0 Å². The zero-order chi connectivity index (χ0) is 20.1. The topological polar surface area (TPSA) is 92.6 Å². The highest BCUT2D eigenvalue weighted by molar-refractivity contribution is 9.10. The van der Waals surface area contributed by atoms with E-state index in [2.05, 4.69) is 21.2 Å². The van der Waals surface area contributed by atoms with Crippen LogP contribution in [0.3, 0.4) is 0 Å². The van der Waals surface area contributed by atoms with Gasteiger partial charge in [-0.3, -0.25) is 19.7 Å². The molecule has 2 aromatic rings. The maximum absolute atomic E-state index is 12.5. The number of nitrogens with one attached hydrogen (secondary N) is 1. The third kappa shape index (κ3) is 5.30. The normalized spacial score (nSPS) is 10.4. The fraction of sp³-hybridized carbons (Fsp3) is 0.222. The number of carbonyl (C=O) groups is 2. The molecule has 27 heavy (non-hydrogen) atoms. The average Bonchev–Trinajstić information content (AvgIpc) is 2.62. The van der Waals surface area contributed by atoms with Gasteiger partial charge in [0.25, 0.3) is 11.6 Å². The molecule has 0 saturated heterocycles. The second kappa shape index (κ2) is 9.01. The lowest BCUT2D eigenvalue weighted by Gasteiger charge is -2.17. The van der Waals surface area contributed by atoms with Gasteiger partial charge in [0.05, 0.1) is 16.4 Å². The molecule has 7 nitrogen and oxygen atoms in total. The van der Waals surface area contributed by atoms with Gasteiger partial charge in [0, 0.05) is 28.8 Å². The Hall–Kier alpha value is -2.39. The van der Waals surface area contributed by atoms with Crippen LogP contribution in [0.2, 0.25) is 0 Å². The molecule has 2 rings (SSSR count). The van der Waals surface area contributed by atoms with Crippen molar-refractivity contribution in [1.82, 2.24) is 4.90 Å². The fourth-order valence-electron chi connectivity index (χ4n) is 2.43. The van der Waals surface area contributed by atoms with E-state index in [9.17, 15) is 19.7 Å². The van der Waals surface area contributed by atoms with Gasteiger partial charge in [-0.05, 0) is 49.1 Å². The molecule has 0 bridgehead atoms. The lowest BCUT2D eigenvalue weighted by Crippen LogP contribution is -2.35. The van der Waals surface area contributed by atoms with Crippen molar-refractivity contribution in [3.05, 3.63) is 62.1 Å². The smallest absolute Gasteiger partial charge is 0.283 e. The van der Waals surface area contributed by atoms with Gasteiger partial charge in [-0.2, -0.15) is 0 Å². The number of halogens is 1. The fourth-order valence-corrected chi connectivity index (χ4v) is 3.45. The van der Waals surface area contributed by atoms with Gasteiger partial charge in [0.2, 0.25) is 5.91 Å². The first-order valence-electron chi connectivity index (χ1n) is 7.87. The number of rotatable bonds is 6. The number of nitro benzene ring substituents is 1. The van der Waals surface area contributed by atoms with E-state index >= 15 is 0 Å². The number of hydrogen-bond acceptors (Lipinski definition) is 5. The highest BCUT2D eigenvalue weighted by atomic mass is 79.9. The minimum Gasteiger partial charge on any atom is -0.332 e. The van der Waals surface area contributed by atoms with Crippen LogP contribution in [-0.4, -0.2) is 41.5 Å². The van der Waals surface area contributed by atoms with E-state index in [1.54, 1.807) is 12.3 Å². The van der Waals surface area contributed by atoms with Crippen molar-refractivity contribution in [2.45, 2.75) is 11.8 Å². The number of thioether (sulfide) groups is 1. The lowest BCUT2D eigenvalue weighted by atomic mass is 10.1. The summed E-state index contributed by atoms with van der Waals surface area (Å²) in [4.78, 5) is 37.1. The quantitative estimate of drug-likeness (QED) is 0.405. The Morgan fingerprint density at radius 2 is 1.96 bits per heavy atom. The predicted octanol–water partition coefficient (Wildman–Crippen LogP) is 4.10. The molecule has 0 fully saturated rings. The maximum Gasteiger partial charge on any atom is 0.283 e. The highest BCUT2D eigenvalue weighted by Crippen LogP contribution is 2.28. The van der Waals surface area contributed by atoms with Gasteiger partial charge < -0.3 is 10.2 Å². The molecule has 0 aliphatic carbocycles. The van der Waals surface area contributed by atoms with E-state index < -0.39 is 10.8 Å². The lowest BCUT2D eigenvalue weighted by molar-refractivity contribution is -0.387. The molecule has 0 heterocycles. The molecule has 1 N–H and O–H groups in total. The molecule has 9 heteroatoms. The minimum atomic E-state index is -0.522. The van der Waals surface area contributed by atoms with Gasteiger partial charge in [-0.15, -0.1) is 11.8 Å². The van der Waals surface area contributed by atoms with Crippen LogP contribution in [0, 0.1) is 17.0 Å². The molecule has 0 unspecified atom stereocenters. The Balaban J connectivity index is 2.09. The standard InChI is InChI=1S/C18H18BrN3O4S/c1-11-8-13(19)5-6-14(11)20-17(23)10-21(2)18(24)12-4-7-16(27-3)15(9-12)22(25)26/h4-9H,10H2,1-3H3,(H,20,23). The van der Waals surface area contributed by atoms with E-state index in [1.165, 1.54) is 41.9 Å². The van der Waals surface area contributed by atoms with Crippen LogP contribution in [0.5, 0.6) is 0 Å². The van der Waals surface area contributed by atoms with E-state index in [1.807, 2.05) is 19.1 Å². The Kier molecular flexibility index (Phi) is 6.98. The predicted molar refractivity (Wildman–Crippen MR) is 109 cm³/mol. The Bertz CT molecular complexity index is 904. The van der Waals surface area contributed by atoms with Gasteiger partial charge in [0.1, 0.15) is 0 Å². The van der Waals surface area contributed by atoms with Crippen LogP contribution in [0.4, 0.5) is 11.4 Å². The average molecular weight is 452 g/mol. The molecular weight excluding hydrogens is 434 g/mol. The number of nitrogens with zero attached hydrogens (tertiary/aromatic N) is 2. The van der Waals surface area contributed by atoms with Crippen LogP contribution in [0.1, 0.15) is 15.9 Å². The van der Waals surface area contributed by atoms with Crippen LogP contribution >= 0.6 is 27.7 Å². The second-order valence-corrected chi connectivity index (χ2v) is 7.58. The number of carbonyl (C=O) groups excluding carboxylic acids is 2. The third-order valence-corrected chi connectivity index (χ3v) is 5.09. The van der Waals surface area contributed by atoms with Crippen LogP contribution in [0.25, 0.3) is 0 Å². The summed E-state index contributed by atoms with van der Waals surface area (Å²) in [6, 6.07) is 9.75. The zero-order valence-corrected chi connectivity index (χ0v) is 17.4. The number of benzene rings is 2. The molecule has 0 aliphatic rings.